The van der Waals surface area contributed by atoms with Crippen LogP contribution < -0.4 is 0 Å². The topological polar surface area (TPSA) is 237 Å². The molecular formula is C87H170O17P2. The minimum absolute atomic E-state index is 0.106. The molecule has 0 saturated carbocycles. The van der Waals surface area contributed by atoms with Crippen molar-refractivity contribution >= 4 is 39.5 Å². The molecule has 0 aromatic carbocycles. The summed E-state index contributed by atoms with van der Waals surface area (Å²) in [6, 6.07) is 0. The summed E-state index contributed by atoms with van der Waals surface area (Å²) in [4.78, 5) is 73.2. The van der Waals surface area contributed by atoms with E-state index in [1.54, 1.807) is 0 Å². The zero-order chi connectivity index (χ0) is 77.6. The van der Waals surface area contributed by atoms with Crippen molar-refractivity contribution in [3.8, 4) is 0 Å². The monoisotopic (exact) mass is 1550 g/mol. The lowest BCUT2D eigenvalue weighted by atomic mass is 9.99. The van der Waals surface area contributed by atoms with Crippen molar-refractivity contribution in [3.05, 3.63) is 0 Å². The first kappa shape index (κ1) is 104. The largest absolute Gasteiger partial charge is 0.472 e. The summed E-state index contributed by atoms with van der Waals surface area (Å²) in [5.74, 6) is -1.33. The highest BCUT2D eigenvalue weighted by molar-refractivity contribution is 7.47. The van der Waals surface area contributed by atoms with Gasteiger partial charge in [-0.1, -0.05) is 420 Å². The zero-order valence-corrected chi connectivity index (χ0v) is 71.4. The summed E-state index contributed by atoms with van der Waals surface area (Å²) < 4.78 is 68.9. The molecular weight excluding hydrogens is 1380 g/mol. The molecule has 0 heterocycles. The van der Waals surface area contributed by atoms with E-state index in [9.17, 15) is 43.2 Å². The van der Waals surface area contributed by atoms with Crippen molar-refractivity contribution in [2.24, 2.45) is 5.92 Å². The van der Waals surface area contributed by atoms with Crippen LogP contribution in [0.15, 0.2) is 0 Å². The molecule has 0 aliphatic carbocycles. The molecule has 0 aromatic rings. The van der Waals surface area contributed by atoms with E-state index in [0.717, 1.165) is 95.8 Å². The van der Waals surface area contributed by atoms with Crippen LogP contribution in [0.1, 0.15) is 471 Å². The number of aliphatic hydroxyl groups is 1. The number of hydrogen-bond acceptors (Lipinski definition) is 15. The summed E-state index contributed by atoms with van der Waals surface area (Å²) in [6.45, 7) is 7.36. The molecule has 630 valence electrons. The van der Waals surface area contributed by atoms with Crippen LogP contribution >= 0.6 is 15.6 Å². The molecule has 0 aromatic heterocycles. The summed E-state index contributed by atoms with van der Waals surface area (Å²) in [5.41, 5.74) is 0. The second-order valence-corrected chi connectivity index (χ2v) is 34.4. The fraction of sp³-hybridized carbons (Fsp3) is 0.954. The molecule has 0 amide bonds. The third-order valence-electron chi connectivity index (χ3n) is 20.9. The van der Waals surface area contributed by atoms with Crippen LogP contribution in [0.25, 0.3) is 0 Å². The summed E-state index contributed by atoms with van der Waals surface area (Å²) >= 11 is 0. The average Bonchev–Trinajstić information content (AvgIpc) is 0.945. The molecule has 0 aliphatic heterocycles. The second-order valence-electron chi connectivity index (χ2n) is 31.5. The Labute approximate surface area is 651 Å². The number of rotatable bonds is 87. The van der Waals surface area contributed by atoms with Crippen molar-refractivity contribution in [1.82, 2.24) is 0 Å². The zero-order valence-electron chi connectivity index (χ0n) is 69.6. The van der Waals surface area contributed by atoms with Crippen molar-refractivity contribution in [2.75, 3.05) is 39.6 Å². The van der Waals surface area contributed by atoms with E-state index in [1.165, 1.54) is 295 Å². The van der Waals surface area contributed by atoms with Gasteiger partial charge >= 0.3 is 39.5 Å². The molecule has 6 atom stereocenters. The maximum absolute atomic E-state index is 13.2. The van der Waals surface area contributed by atoms with Gasteiger partial charge in [0, 0.05) is 25.7 Å². The van der Waals surface area contributed by atoms with E-state index in [2.05, 4.69) is 34.6 Å². The third kappa shape index (κ3) is 78.7. The lowest BCUT2D eigenvalue weighted by Crippen LogP contribution is -2.30. The predicted octanol–water partition coefficient (Wildman–Crippen LogP) is 26.8. The Kier molecular flexibility index (Phi) is 78.2. The lowest BCUT2D eigenvalue weighted by molar-refractivity contribution is -0.161. The van der Waals surface area contributed by atoms with Crippen LogP contribution in [0.5, 0.6) is 0 Å². The quantitative estimate of drug-likeness (QED) is 0.0222. The van der Waals surface area contributed by atoms with Gasteiger partial charge in [-0.3, -0.25) is 37.3 Å². The number of hydrogen-bond donors (Lipinski definition) is 3. The van der Waals surface area contributed by atoms with Gasteiger partial charge in [-0.15, -0.1) is 0 Å². The molecule has 0 aliphatic rings. The predicted molar refractivity (Wildman–Crippen MR) is 437 cm³/mol. The maximum atomic E-state index is 13.2. The Morgan fingerprint density at radius 2 is 0.453 bits per heavy atom. The number of ether oxygens (including phenoxy) is 4. The molecule has 3 unspecified atom stereocenters. The molecule has 0 saturated heterocycles. The van der Waals surface area contributed by atoms with Crippen LogP contribution in [0.3, 0.4) is 0 Å². The van der Waals surface area contributed by atoms with E-state index in [4.69, 9.17) is 37.0 Å². The van der Waals surface area contributed by atoms with Gasteiger partial charge < -0.3 is 33.8 Å². The van der Waals surface area contributed by atoms with Crippen LogP contribution in [0.2, 0.25) is 0 Å². The SMILES string of the molecule is CCCCCCCCCCCCCCCCCCCCCCCCC(=O)O[C@H](COC(=O)CCCCCCCCCCCCCCCCCCCCCC)COP(=O)(O)OC[C@@H](O)COP(=O)(O)OC[C@@H](COC(=O)CCCCCCCCCCCCCC)OC(=O)CCCCCCCCCCC(C)CC. The fourth-order valence-corrected chi connectivity index (χ4v) is 15.2. The van der Waals surface area contributed by atoms with Gasteiger partial charge in [0.05, 0.1) is 26.4 Å². The van der Waals surface area contributed by atoms with Crippen molar-refractivity contribution in [3.63, 3.8) is 0 Å². The first-order chi connectivity index (χ1) is 51.6. The number of carbonyl (C=O) groups excluding carboxylic acids is 4. The summed E-state index contributed by atoms with van der Waals surface area (Å²) in [7, 11) is -9.93. The third-order valence-corrected chi connectivity index (χ3v) is 22.8. The number of esters is 4. The summed E-state index contributed by atoms with van der Waals surface area (Å²) in [5, 5.41) is 10.7. The van der Waals surface area contributed by atoms with Gasteiger partial charge in [0.1, 0.15) is 19.3 Å². The van der Waals surface area contributed by atoms with Gasteiger partial charge in [-0.05, 0) is 31.6 Å². The second kappa shape index (κ2) is 79.7. The molecule has 17 nitrogen and oxygen atoms in total. The molecule has 0 fully saturated rings. The fourth-order valence-electron chi connectivity index (χ4n) is 13.6. The minimum Gasteiger partial charge on any atom is -0.462 e. The molecule has 0 spiro atoms. The first-order valence-electron chi connectivity index (χ1n) is 45.2. The number of unbranched alkanes of at least 4 members (excludes halogenated alkanes) is 58. The summed E-state index contributed by atoms with van der Waals surface area (Å²) in [6.07, 6.45) is 73.7. The Bertz CT molecular complexity index is 2020. The Hall–Kier alpha value is -1.94. The Morgan fingerprint density at radius 1 is 0.264 bits per heavy atom. The highest BCUT2D eigenvalue weighted by Gasteiger charge is 2.30. The van der Waals surface area contributed by atoms with E-state index < -0.39 is 97.5 Å². The lowest BCUT2D eigenvalue weighted by Gasteiger charge is -2.21. The standard InChI is InChI=1S/C87H170O17P2/c1-6-10-13-16-19-22-25-28-30-32-34-36-37-39-41-43-45-48-51-57-62-67-72-86(91)103-82(76-97-85(90)71-66-61-56-50-47-44-42-40-38-35-33-31-29-26-23-20-17-14-11-7-2)78-101-105(93,94)99-74-81(88)75-100-106(95,96)102-79-83(104-87(92)73-68-63-58-53-52-54-59-64-69-80(5)9-4)77-98-84(89)70-65-60-55-49-46-27-24-21-18-15-12-8-3/h80-83,88H,6-79H2,1-5H3,(H,93,94)(H,95,96)/t80?,81-,82-,83-/m1/s1. The minimum atomic E-state index is -4.97. The average molecular weight is 1550 g/mol. The Morgan fingerprint density at radius 3 is 0.670 bits per heavy atom. The maximum Gasteiger partial charge on any atom is 0.472 e. The highest BCUT2D eigenvalue weighted by Crippen LogP contribution is 2.45. The number of aliphatic hydroxyl groups excluding tert-OH is 1. The van der Waals surface area contributed by atoms with Crippen molar-refractivity contribution in [2.45, 2.75) is 490 Å². The molecule has 0 radical (unpaired) electrons. The van der Waals surface area contributed by atoms with E-state index in [1.807, 2.05) is 0 Å². The van der Waals surface area contributed by atoms with Gasteiger partial charge in [-0.2, -0.15) is 0 Å². The molecule has 0 bridgehead atoms. The molecule has 0 rings (SSSR count). The van der Waals surface area contributed by atoms with E-state index >= 15 is 0 Å². The van der Waals surface area contributed by atoms with Crippen LogP contribution in [0.4, 0.5) is 0 Å². The number of phosphoric ester groups is 2. The van der Waals surface area contributed by atoms with Crippen LogP contribution in [-0.4, -0.2) is 96.7 Å². The Balaban J connectivity index is 5.21. The first-order valence-corrected chi connectivity index (χ1v) is 48.2. The van der Waals surface area contributed by atoms with Gasteiger partial charge in [0.15, 0.2) is 12.2 Å². The number of carbonyl (C=O) groups is 4. The normalized spacial score (nSPS) is 14.0. The van der Waals surface area contributed by atoms with Crippen LogP contribution in [0, 0.1) is 5.92 Å². The van der Waals surface area contributed by atoms with Gasteiger partial charge in [0.2, 0.25) is 0 Å². The van der Waals surface area contributed by atoms with E-state index in [-0.39, 0.29) is 25.7 Å². The van der Waals surface area contributed by atoms with Gasteiger partial charge in [-0.25, -0.2) is 9.13 Å². The smallest absolute Gasteiger partial charge is 0.462 e. The molecule has 3 N–H and O–H groups in total. The highest BCUT2D eigenvalue weighted by atomic mass is 31.2. The van der Waals surface area contributed by atoms with Gasteiger partial charge in [0.25, 0.3) is 0 Å². The molecule has 19 heteroatoms. The van der Waals surface area contributed by atoms with Crippen molar-refractivity contribution in [1.29, 1.82) is 0 Å². The number of phosphoric acid groups is 2. The van der Waals surface area contributed by atoms with Crippen molar-refractivity contribution < 1.29 is 80.2 Å². The molecule has 106 heavy (non-hydrogen) atoms. The van der Waals surface area contributed by atoms with Crippen LogP contribution in [-0.2, 0) is 65.4 Å². The van der Waals surface area contributed by atoms with E-state index in [0.29, 0.717) is 25.7 Å².